The third-order valence-electron chi connectivity index (χ3n) is 13.8. The summed E-state index contributed by atoms with van der Waals surface area (Å²) in [6.45, 7) is 0. The van der Waals surface area contributed by atoms with Crippen molar-refractivity contribution in [2.24, 2.45) is 0 Å². The summed E-state index contributed by atoms with van der Waals surface area (Å²) >= 11 is 0. The van der Waals surface area contributed by atoms with Crippen LogP contribution in [0.1, 0.15) is 0 Å². The minimum atomic E-state index is 1.07. The van der Waals surface area contributed by atoms with Gasteiger partial charge in [0, 0.05) is 33.5 Å². The third kappa shape index (κ3) is 6.57. The van der Waals surface area contributed by atoms with Gasteiger partial charge in [0.15, 0.2) is 0 Å². The van der Waals surface area contributed by atoms with E-state index < -0.39 is 0 Å². The summed E-state index contributed by atoms with van der Waals surface area (Å²) < 4.78 is 2.40. The molecule has 0 unspecified atom stereocenters. The van der Waals surface area contributed by atoms with Gasteiger partial charge in [-0.2, -0.15) is 0 Å². The second kappa shape index (κ2) is 16.5. The summed E-state index contributed by atoms with van der Waals surface area (Å²) in [4.78, 5) is 2.40. The van der Waals surface area contributed by atoms with Crippen molar-refractivity contribution in [2.75, 3.05) is 4.90 Å². The molecule has 0 atom stereocenters. The largest absolute Gasteiger partial charge is 0.310 e. The van der Waals surface area contributed by atoms with E-state index in [0.29, 0.717) is 0 Å². The summed E-state index contributed by atoms with van der Waals surface area (Å²) in [6.07, 6.45) is 0. The van der Waals surface area contributed by atoms with Gasteiger partial charge in [0.25, 0.3) is 0 Å². The van der Waals surface area contributed by atoms with Gasteiger partial charge in [-0.3, -0.25) is 0 Å². The number of benzene rings is 12. The lowest BCUT2D eigenvalue weighted by atomic mass is 9.85. The molecule has 13 rings (SSSR count). The monoisotopic (exact) mass is 864 g/mol. The van der Waals surface area contributed by atoms with Crippen LogP contribution in [-0.4, -0.2) is 4.57 Å². The van der Waals surface area contributed by atoms with Crippen molar-refractivity contribution in [3.8, 4) is 50.2 Å². The van der Waals surface area contributed by atoms with Gasteiger partial charge in [0.05, 0.1) is 11.0 Å². The van der Waals surface area contributed by atoms with Crippen LogP contribution in [0.3, 0.4) is 0 Å². The van der Waals surface area contributed by atoms with Crippen LogP contribution in [0.4, 0.5) is 17.1 Å². The first-order valence-electron chi connectivity index (χ1n) is 23.4. The Hall–Kier alpha value is -8.98. The maximum atomic E-state index is 2.40. The lowest BCUT2D eigenvalue weighted by Crippen LogP contribution is -2.10. The number of nitrogens with zero attached hydrogens (tertiary/aromatic N) is 2. The standard InChI is InChI=1S/C66H44N2/c1-3-18-45(19-4-1)54-32-15-22-47-23-16-33-55(64(47)54)46-36-40-50(41-37-46)67(52-24-17-25-53(44-52)68-62-34-13-11-28-58(62)59-29-12-14-35-63(59)68)51-42-38-49(39-43-51)66-61-31-10-8-27-57(61)56-26-7-9-30-60(56)65(66)48-20-5-2-6-21-48/h1-44H. The van der Waals surface area contributed by atoms with Gasteiger partial charge in [-0.25, -0.2) is 0 Å². The zero-order chi connectivity index (χ0) is 45.0. The Balaban J connectivity index is 0.988. The van der Waals surface area contributed by atoms with Crippen molar-refractivity contribution in [3.63, 3.8) is 0 Å². The first kappa shape index (κ1) is 39.4. The lowest BCUT2D eigenvalue weighted by Gasteiger charge is -2.27. The molecule has 0 amide bonds. The molecule has 68 heavy (non-hydrogen) atoms. The van der Waals surface area contributed by atoms with E-state index in [2.05, 4.69) is 276 Å². The van der Waals surface area contributed by atoms with Crippen molar-refractivity contribution in [3.05, 3.63) is 267 Å². The predicted octanol–water partition coefficient (Wildman–Crippen LogP) is 18.4. The maximum absolute atomic E-state index is 2.40. The Labute approximate surface area is 395 Å². The zero-order valence-electron chi connectivity index (χ0n) is 37.3. The van der Waals surface area contributed by atoms with Gasteiger partial charge in [-0.05, 0) is 131 Å². The second-order valence-electron chi connectivity index (χ2n) is 17.6. The number of anilines is 3. The van der Waals surface area contributed by atoms with Crippen LogP contribution >= 0.6 is 0 Å². The van der Waals surface area contributed by atoms with Crippen molar-refractivity contribution >= 4 is 71.2 Å². The Morgan fingerprint density at radius 1 is 0.265 bits per heavy atom. The van der Waals surface area contributed by atoms with Gasteiger partial charge in [0.2, 0.25) is 0 Å². The van der Waals surface area contributed by atoms with Gasteiger partial charge < -0.3 is 9.47 Å². The van der Waals surface area contributed by atoms with Crippen molar-refractivity contribution in [1.82, 2.24) is 4.57 Å². The number of rotatable bonds is 8. The molecule has 0 radical (unpaired) electrons. The molecule has 0 aliphatic rings. The molecule has 0 N–H and O–H groups in total. The molecule has 2 nitrogen and oxygen atoms in total. The van der Waals surface area contributed by atoms with Crippen molar-refractivity contribution < 1.29 is 0 Å². The summed E-state index contributed by atoms with van der Waals surface area (Å²) in [5.41, 5.74) is 16.4. The summed E-state index contributed by atoms with van der Waals surface area (Å²) in [5.74, 6) is 0. The quantitative estimate of drug-likeness (QED) is 0.138. The van der Waals surface area contributed by atoms with Gasteiger partial charge >= 0.3 is 0 Å². The molecule has 13 aromatic rings. The van der Waals surface area contributed by atoms with E-state index in [1.807, 2.05) is 0 Å². The average molecular weight is 865 g/mol. The predicted molar refractivity (Wildman–Crippen MR) is 290 cm³/mol. The highest BCUT2D eigenvalue weighted by molar-refractivity contribution is 6.21. The molecular formula is C66H44N2. The highest BCUT2D eigenvalue weighted by atomic mass is 15.1. The van der Waals surface area contributed by atoms with E-state index in [-0.39, 0.29) is 0 Å². The fraction of sp³-hybridized carbons (Fsp3) is 0. The number of aromatic nitrogens is 1. The highest BCUT2D eigenvalue weighted by Crippen LogP contribution is 2.46. The minimum absolute atomic E-state index is 1.07. The Bertz CT molecular complexity index is 3940. The smallest absolute Gasteiger partial charge is 0.0541 e. The van der Waals surface area contributed by atoms with Crippen LogP contribution in [0.25, 0.3) is 104 Å². The Morgan fingerprint density at radius 2 is 0.676 bits per heavy atom. The van der Waals surface area contributed by atoms with E-state index >= 15 is 0 Å². The fourth-order valence-electron chi connectivity index (χ4n) is 10.8. The topological polar surface area (TPSA) is 8.17 Å². The Kier molecular flexibility index (Phi) is 9.54. The van der Waals surface area contributed by atoms with Crippen LogP contribution in [0, 0.1) is 0 Å². The zero-order valence-corrected chi connectivity index (χ0v) is 37.3. The van der Waals surface area contributed by atoms with E-state index in [0.717, 1.165) is 22.7 Å². The van der Waals surface area contributed by atoms with Crippen molar-refractivity contribution in [2.45, 2.75) is 0 Å². The molecule has 0 bridgehead atoms. The molecule has 318 valence electrons. The van der Waals surface area contributed by atoms with Crippen LogP contribution < -0.4 is 4.90 Å². The molecule has 0 spiro atoms. The number of fused-ring (bicyclic) bond motifs is 7. The normalized spacial score (nSPS) is 11.5. The number of hydrogen-bond acceptors (Lipinski definition) is 1. The van der Waals surface area contributed by atoms with Crippen LogP contribution in [0.15, 0.2) is 267 Å². The van der Waals surface area contributed by atoms with Crippen LogP contribution in [0.2, 0.25) is 0 Å². The van der Waals surface area contributed by atoms with E-state index in [1.165, 1.54) is 98.6 Å². The fourth-order valence-corrected chi connectivity index (χ4v) is 10.8. The van der Waals surface area contributed by atoms with E-state index in [1.54, 1.807) is 0 Å². The minimum Gasteiger partial charge on any atom is -0.310 e. The SMILES string of the molecule is c1ccc(-c2c(-c3ccc(N(c4ccc(-c5cccc6cccc(-c7ccccc7)c56)cc4)c4cccc(-n5c6ccccc6c6ccccc65)c4)cc3)c3ccccc3c3ccccc23)cc1. The molecule has 1 aromatic heterocycles. The molecule has 0 aliphatic carbocycles. The summed E-state index contributed by atoms with van der Waals surface area (Å²) in [5, 5.41) is 10.00. The maximum Gasteiger partial charge on any atom is 0.0541 e. The van der Waals surface area contributed by atoms with E-state index in [9.17, 15) is 0 Å². The van der Waals surface area contributed by atoms with Crippen LogP contribution in [0.5, 0.6) is 0 Å². The van der Waals surface area contributed by atoms with Gasteiger partial charge in [-0.1, -0.05) is 212 Å². The number of para-hydroxylation sites is 2. The molecule has 0 saturated heterocycles. The van der Waals surface area contributed by atoms with Gasteiger partial charge in [-0.15, -0.1) is 0 Å². The van der Waals surface area contributed by atoms with Crippen molar-refractivity contribution in [1.29, 1.82) is 0 Å². The second-order valence-corrected chi connectivity index (χ2v) is 17.6. The molecular weight excluding hydrogens is 821 g/mol. The first-order valence-corrected chi connectivity index (χ1v) is 23.4. The molecule has 0 saturated carbocycles. The van der Waals surface area contributed by atoms with E-state index in [4.69, 9.17) is 0 Å². The number of hydrogen-bond donors (Lipinski definition) is 0. The summed E-state index contributed by atoms with van der Waals surface area (Å²) in [6, 6.07) is 97.4. The molecule has 1 heterocycles. The summed E-state index contributed by atoms with van der Waals surface area (Å²) in [7, 11) is 0. The molecule has 12 aromatic carbocycles. The van der Waals surface area contributed by atoms with Crippen LogP contribution in [-0.2, 0) is 0 Å². The highest BCUT2D eigenvalue weighted by Gasteiger charge is 2.21. The molecule has 0 fully saturated rings. The third-order valence-corrected chi connectivity index (χ3v) is 13.8. The molecule has 0 aliphatic heterocycles. The van der Waals surface area contributed by atoms with Gasteiger partial charge in [0.1, 0.15) is 0 Å². The molecule has 2 heteroatoms. The first-order chi connectivity index (χ1) is 33.8. The Morgan fingerprint density at radius 3 is 1.22 bits per heavy atom. The average Bonchev–Trinajstić information content (AvgIpc) is 3.76. The lowest BCUT2D eigenvalue weighted by molar-refractivity contribution is 1.17.